The van der Waals surface area contributed by atoms with Crippen LogP contribution in [0.15, 0.2) is 36.4 Å². The molecule has 2 aromatic rings. The highest BCUT2D eigenvalue weighted by atomic mass is 35.5. The van der Waals surface area contributed by atoms with Gasteiger partial charge in [0.1, 0.15) is 0 Å². The molecule has 1 aliphatic carbocycles. The molecule has 1 heterocycles. The quantitative estimate of drug-likeness (QED) is 0.623. The first-order valence-electron chi connectivity index (χ1n) is 9.49. The first kappa shape index (κ1) is 20.8. The summed E-state index contributed by atoms with van der Waals surface area (Å²) < 4.78 is 0. The van der Waals surface area contributed by atoms with Gasteiger partial charge in [-0.05, 0) is 43.5 Å². The van der Waals surface area contributed by atoms with Crippen molar-refractivity contribution in [2.45, 2.75) is 50.7 Å². The molecule has 0 saturated heterocycles. The van der Waals surface area contributed by atoms with E-state index < -0.39 is 17.9 Å². The number of amides is 2. The van der Waals surface area contributed by atoms with Gasteiger partial charge in [0, 0.05) is 33.3 Å². The first-order valence-corrected chi connectivity index (χ1v) is 10.7. The van der Waals surface area contributed by atoms with Crippen LogP contribution in [0, 0.1) is 0 Å². The van der Waals surface area contributed by atoms with E-state index in [1.807, 2.05) is 30.3 Å². The number of aliphatic hydroxyl groups excluding tert-OH is 1. The van der Waals surface area contributed by atoms with E-state index in [2.05, 4.69) is 10.6 Å². The molecule has 1 fully saturated rings. The van der Waals surface area contributed by atoms with Gasteiger partial charge in [0.05, 0.1) is 6.10 Å². The van der Waals surface area contributed by atoms with Crippen LogP contribution in [0.1, 0.15) is 54.0 Å². The van der Waals surface area contributed by atoms with E-state index in [0.717, 1.165) is 41.0 Å². The number of thiophene rings is 1. The Hall–Kier alpha value is -1.89. The van der Waals surface area contributed by atoms with E-state index in [1.165, 1.54) is 0 Å². The molecule has 28 heavy (non-hydrogen) atoms. The molecule has 3 rings (SSSR count). The van der Waals surface area contributed by atoms with Crippen molar-refractivity contribution in [3.63, 3.8) is 0 Å². The Morgan fingerprint density at radius 2 is 1.82 bits per heavy atom. The summed E-state index contributed by atoms with van der Waals surface area (Å²) in [5, 5.41) is 15.8. The Balaban J connectivity index is 1.59. The normalized spacial score (nSPS) is 16.5. The Morgan fingerprint density at radius 1 is 1.14 bits per heavy atom. The van der Waals surface area contributed by atoms with E-state index in [4.69, 9.17) is 11.6 Å². The standard InChI is InChI=1S/C21H25ClN2O3S/c1-14(25)17-8-9-18(28-17)21(10-4-5-11-21)13-24-20(27)19(26)23-12-15-6-2-3-7-16(15)22/h2-3,6-9,14,25H,4-5,10-13H2,1H3,(H,23,26)(H,24,27). The second-order valence-electron chi connectivity index (χ2n) is 7.32. The SMILES string of the molecule is CC(O)c1ccc(C2(CNC(=O)C(=O)NCc3ccccc3Cl)CCCC2)s1. The summed E-state index contributed by atoms with van der Waals surface area (Å²) >= 11 is 7.67. The largest absolute Gasteiger partial charge is 0.388 e. The van der Waals surface area contributed by atoms with Gasteiger partial charge in [0.15, 0.2) is 0 Å². The van der Waals surface area contributed by atoms with Gasteiger partial charge < -0.3 is 15.7 Å². The molecule has 0 bridgehead atoms. The van der Waals surface area contributed by atoms with E-state index in [-0.39, 0.29) is 12.0 Å². The summed E-state index contributed by atoms with van der Waals surface area (Å²) in [7, 11) is 0. The maximum Gasteiger partial charge on any atom is 0.309 e. The maximum atomic E-state index is 12.3. The number of nitrogens with one attached hydrogen (secondary N) is 2. The van der Waals surface area contributed by atoms with Gasteiger partial charge in [0.25, 0.3) is 0 Å². The molecule has 0 spiro atoms. The molecule has 150 valence electrons. The topological polar surface area (TPSA) is 78.4 Å². The van der Waals surface area contributed by atoms with Gasteiger partial charge in [-0.25, -0.2) is 0 Å². The van der Waals surface area contributed by atoms with Gasteiger partial charge in [-0.1, -0.05) is 42.6 Å². The first-order chi connectivity index (χ1) is 13.4. The molecule has 1 aromatic heterocycles. The van der Waals surface area contributed by atoms with Gasteiger partial charge in [-0.15, -0.1) is 11.3 Å². The molecule has 2 amide bonds. The highest BCUT2D eigenvalue weighted by Gasteiger charge is 2.37. The van der Waals surface area contributed by atoms with E-state index in [1.54, 1.807) is 24.3 Å². The van der Waals surface area contributed by atoms with Crippen LogP contribution < -0.4 is 10.6 Å². The summed E-state index contributed by atoms with van der Waals surface area (Å²) in [5.41, 5.74) is 0.609. The summed E-state index contributed by atoms with van der Waals surface area (Å²) in [6, 6.07) is 11.2. The zero-order chi connectivity index (χ0) is 20.1. The van der Waals surface area contributed by atoms with Crippen molar-refractivity contribution in [3.05, 3.63) is 56.7 Å². The fraction of sp³-hybridized carbons (Fsp3) is 0.429. The van der Waals surface area contributed by atoms with Crippen LogP contribution in [0.5, 0.6) is 0 Å². The van der Waals surface area contributed by atoms with Crippen LogP contribution in [-0.2, 0) is 21.5 Å². The number of benzene rings is 1. The third kappa shape index (κ3) is 4.74. The van der Waals surface area contributed by atoms with Crippen LogP contribution in [0.3, 0.4) is 0 Å². The third-order valence-electron chi connectivity index (χ3n) is 5.31. The van der Waals surface area contributed by atoms with Crippen molar-refractivity contribution in [1.82, 2.24) is 10.6 Å². The number of carbonyl (C=O) groups excluding carboxylic acids is 2. The van der Waals surface area contributed by atoms with Gasteiger partial charge in [-0.3, -0.25) is 9.59 Å². The molecule has 1 aliphatic rings. The van der Waals surface area contributed by atoms with Crippen LogP contribution >= 0.6 is 22.9 Å². The van der Waals surface area contributed by atoms with Crippen LogP contribution in [-0.4, -0.2) is 23.5 Å². The van der Waals surface area contributed by atoms with Crippen LogP contribution in [0.25, 0.3) is 0 Å². The number of carbonyl (C=O) groups is 2. The van der Waals surface area contributed by atoms with E-state index in [9.17, 15) is 14.7 Å². The second kappa shape index (κ2) is 9.07. The highest BCUT2D eigenvalue weighted by Crippen LogP contribution is 2.44. The van der Waals surface area contributed by atoms with Gasteiger partial charge in [0.2, 0.25) is 0 Å². The van der Waals surface area contributed by atoms with E-state index >= 15 is 0 Å². The molecule has 3 N–H and O–H groups in total. The number of rotatable bonds is 6. The van der Waals surface area contributed by atoms with Gasteiger partial charge >= 0.3 is 11.8 Å². The van der Waals surface area contributed by atoms with Gasteiger partial charge in [-0.2, -0.15) is 0 Å². The number of hydrogen-bond donors (Lipinski definition) is 3. The summed E-state index contributed by atoms with van der Waals surface area (Å²) in [5.74, 6) is -1.30. The Kier molecular flexibility index (Phi) is 6.75. The van der Waals surface area contributed by atoms with Crippen molar-refractivity contribution < 1.29 is 14.7 Å². The molecule has 1 saturated carbocycles. The summed E-state index contributed by atoms with van der Waals surface area (Å²) in [4.78, 5) is 26.6. The third-order valence-corrected chi connectivity index (χ3v) is 7.18. The lowest BCUT2D eigenvalue weighted by Gasteiger charge is -2.28. The minimum atomic E-state index is -0.663. The van der Waals surface area contributed by atoms with E-state index in [0.29, 0.717) is 11.6 Å². The summed E-state index contributed by atoms with van der Waals surface area (Å²) in [6.45, 7) is 2.38. The Morgan fingerprint density at radius 3 is 2.46 bits per heavy atom. The molecule has 1 atom stereocenters. The minimum Gasteiger partial charge on any atom is -0.388 e. The smallest absolute Gasteiger partial charge is 0.309 e. The lowest BCUT2D eigenvalue weighted by atomic mass is 9.84. The van der Waals surface area contributed by atoms with Crippen molar-refractivity contribution in [2.75, 3.05) is 6.54 Å². The molecule has 0 radical (unpaired) electrons. The van der Waals surface area contributed by atoms with Crippen molar-refractivity contribution in [2.24, 2.45) is 0 Å². The molecule has 0 aliphatic heterocycles. The van der Waals surface area contributed by atoms with Crippen molar-refractivity contribution in [3.8, 4) is 0 Å². The minimum absolute atomic E-state index is 0.156. The van der Waals surface area contributed by atoms with Crippen LogP contribution in [0.2, 0.25) is 5.02 Å². The zero-order valence-corrected chi connectivity index (χ0v) is 17.4. The Bertz CT molecular complexity index is 844. The highest BCUT2D eigenvalue weighted by molar-refractivity contribution is 7.12. The fourth-order valence-corrected chi connectivity index (χ4v) is 5.04. The average molecular weight is 421 g/mol. The summed E-state index contributed by atoms with van der Waals surface area (Å²) in [6.07, 6.45) is 3.62. The Labute approximate surface area is 174 Å². The fourth-order valence-electron chi connectivity index (χ4n) is 3.65. The maximum absolute atomic E-state index is 12.3. The second-order valence-corrected chi connectivity index (χ2v) is 8.84. The van der Waals surface area contributed by atoms with Crippen molar-refractivity contribution >= 4 is 34.8 Å². The average Bonchev–Trinajstić information content (AvgIpc) is 3.35. The lowest BCUT2D eigenvalue weighted by molar-refractivity contribution is -0.139. The monoisotopic (exact) mass is 420 g/mol. The molecule has 7 heteroatoms. The van der Waals surface area contributed by atoms with Crippen LogP contribution in [0.4, 0.5) is 0 Å². The van der Waals surface area contributed by atoms with Crippen molar-refractivity contribution in [1.29, 1.82) is 0 Å². The zero-order valence-electron chi connectivity index (χ0n) is 15.8. The molecular formula is C21H25ClN2O3S. The number of aliphatic hydroxyl groups is 1. The number of hydrogen-bond acceptors (Lipinski definition) is 4. The molecular weight excluding hydrogens is 396 g/mol. The molecule has 1 unspecified atom stereocenters. The predicted octanol–water partition coefficient (Wildman–Crippen LogP) is 3.70. The lowest BCUT2D eigenvalue weighted by Crippen LogP contribution is -2.45. The molecule has 5 nitrogen and oxygen atoms in total. The predicted molar refractivity (Wildman–Crippen MR) is 111 cm³/mol. The molecule has 1 aromatic carbocycles. The number of halogens is 1.